The maximum absolute atomic E-state index is 13.3. The van der Waals surface area contributed by atoms with Crippen molar-refractivity contribution in [3.63, 3.8) is 0 Å². The average Bonchev–Trinajstić information content (AvgIpc) is 2.94. The monoisotopic (exact) mass is 472 g/mol. The summed E-state index contributed by atoms with van der Waals surface area (Å²) in [5.41, 5.74) is 1.30. The Hall–Kier alpha value is -2.43. The summed E-state index contributed by atoms with van der Waals surface area (Å²) in [7, 11) is -0.478. The van der Waals surface area contributed by atoms with Crippen LogP contribution in [0.2, 0.25) is 5.02 Å². The van der Waals surface area contributed by atoms with Crippen LogP contribution in [0, 0.1) is 20.8 Å². The third kappa shape index (κ3) is 5.44. The van der Waals surface area contributed by atoms with Gasteiger partial charge in [-0.2, -0.15) is 5.10 Å². The molecule has 1 aromatic heterocycles. The van der Waals surface area contributed by atoms with Gasteiger partial charge in [-0.15, -0.1) is 0 Å². The van der Waals surface area contributed by atoms with Crippen LogP contribution in [0.5, 0.6) is 5.88 Å². The first-order valence-electron chi connectivity index (χ1n) is 9.25. The first-order chi connectivity index (χ1) is 14.4. The number of esters is 1. The summed E-state index contributed by atoms with van der Waals surface area (Å²) in [5, 5.41) is 4.23. The van der Waals surface area contributed by atoms with Crippen LogP contribution >= 0.6 is 11.6 Å². The number of benzene rings is 1. The second-order valence-electron chi connectivity index (χ2n) is 7.00. The minimum atomic E-state index is -3.53. The molecule has 9 nitrogen and oxygen atoms in total. The number of rotatable bonds is 9. The van der Waals surface area contributed by atoms with Crippen molar-refractivity contribution in [2.24, 2.45) is 7.05 Å². The molecule has 1 aromatic carbocycles. The largest absolute Gasteiger partial charge is 0.465 e. The topological polar surface area (TPSA) is 114 Å². The normalized spacial score (nSPS) is 11.5. The summed E-state index contributed by atoms with van der Waals surface area (Å²) >= 11 is 6.39. The number of ether oxygens (including phenoxy) is 3. The van der Waals surface area contributed by atoms with Crippen molar-refractivity contribution >= 4 is 33.2 Å². The van der Waals surface area contributed by atoms with Crippen molar-refractivity contribution in [3.05, 3.63) is 39.0 Å². The fourth-order valence-electron chi connectivity index (χ4n) is 3.29. The third-order valence-electron chi connectivity index (χ3n) is 4.51. The number of aryl methyl sites for hydroxylation is 3. The molecule has 0 saturated carbocycles. The summed E-state index contributed by atoms with van der Waals surface area (Å²) in [5.74, 6) is -1.05. The molecule has 0 N–H and O–H groups in total. The molecule has 0 fully saturated rings. The maximum atomic E-state index is 13.3. The van der Waals surface area contributed by atoms with Crippen molar-refractivity contribution in [1.82, 2.24) is 9.78 Å². The number of hydrogen-bond donors (Lipinski definition) is 0. The maximum Gasteiger partial charge on any atom is 0.344 e. The van der Waals surface area contributed by atoms with Crippen molar-refractivity contribution < 1.29 is 32.2 Å². The van der Waals surface area contributed by atoms with Crippen LogP contribution in [0.25, 0.3) is 0 Å². The van der Waals surface area contributed by atoms with Crippen LogP contribution < -0.4 is 4.74 Å². The van der Waals surface area contributed by atoms with E-state index in [4.69, 9.17) is 25.8 Å². The molecule has 0 spiro atoms. The lowest BCUT2D eigenvalue weighted by molar-refractivity contribution is -0.147. The number of ketones is 1. The van der Waals surface area contributed by atoms with E-state index in [2.05, 4.69) is 5.10 Å². The standard InChI is InChI=1S/C20H25ClN2O7S/c1-11-9-14(17(21)12(2)19(11)31(6,26)27)18(25)16-13(3)22-23(4)20(16)30-10-15(24)29-8-7-28-5/h9H,7-8,10H2,1-6H3. The van der Waals surface area contributed by atoms with E-state index in [-0.39, 0.29) is 40.1 Å². The van der Waals surface area contributed by atoms with Gasteiger partial charge >= 0.3 is 5.97 Å². The number of halogens is 1. The van der Waals surface area contributed by atoms with E-state index in [1.165, 1.54) is 17.9 Å². The van der Waals surface area contributed by atoms with Gasteiger partial charge in [0.25, 0.3) is 0 Å². The van der Waals surface area contributed by atoms with E-state index in [0.29, 0.717) is 16.8 Å². The molecule has 0 aliphatic carbocycles. The van der Waals surface area contributed by atoms with E-state index in [1.807, 2.05) is 0 Å². The van der Waals surface area contributed by atoms with Crippen molar-refractivity contribution in [2.75, 3.05) is 33.2 Å². The molecule has 0 aliphatic heterocycles. The highest BCUT2D eigenvalue weighted by molar-refractivity contribution is 7.90. The molecule has 1 heterocycles. The van der Waals surface area contributed by atoms with Crippen LogP contribution in [0.3, 0.4) is 0 Å². The smallest absolute Gasteiger partial charge is 0.344 e. The molecule has 0 bridgehead atoms. The van der Waals surface area contributed by atoms with Crippen LogP contribution in [0.4, 0.5) is 0 Å². The predicted octanol–water partition coefficient (Wildman–Crippen LogP) is 2.20. The molecule has 11 heteroatoms. The van der Waals surface area contributed by atoms with Gasteiger partial charge in [-0.1, -0.05) is 11.6 Å². The minimum Gasteiger partial charge on any atom is -0.465 e. The highest BCUT2D eigenvalue weighted by Crippen LogP contribution is 2.34. The number of carbonyl (C=O) groups excluding carboxylic acids is 2. The molecule has 2 rings (SSSR count). The molecular formula is C20H25ClN2O7S. The lowest BCUT2D eigenvalue weighted by Crippen LogP contribution is -2.19. The van der Waals surface area contributed by atoms with E-state index >= 15 is 0 Å². The molecule has 2 aromatic rings. The zero-order valence-electron chi connectivity index (χ0n) is 18.2. The van der Waals surface area contributed by atoms with Crippen LogP contribution in [-0.4, -0.2) is 63.1 Å². The van der Waals surface area contributed by atoms with Gasteiger partial charge in [0, 0.05) is 26.0 Å². The summed E-state index contributed by atoms with van der Waals surface area (Å²) in [6.45, 7) is 4.67. The lowest BCUT2D eigenvalue weighted by Gasteiger charge is -2.14. The summed E-state index contributed by atoms with van der Waals surface area (Å²) in [6.07, 6.45) is 1.09. The first-order valence-corrected chi connectivity index (χ1v) is 11.5. The highest BCUT2D eigenvalue weighted by atomic mass is 35.5. The lowest BCUT2D eigenvalue weighted by atomic mass is 9.99. The fraction of sp³-hybridized carbons (Fsp3) is 0.450. The van der Waals surface area contributed by atoms with E-state index in [9.17, 15) is 18.0 Å². The number of sulfone groups is 1. The average molecular weight is 473 g/mol. The number of carbonyl (C=O) groups is 2. The number of nitrogens with zero attached hydrogens (tertiary/aromatic N) is 2. The molecule has 0 amide bonds. The Morgan fingerprint density at radius 3 is 2.42 bits per heavy atom. The summed E-state index contributed by atoms with van der Waals surface area (Å²) in [6, 6.07) is 1.43. The number of aromatic nitrogens is 2. The van der Waals surface area contributed by atoms with Crippen LogP contribution in [-0.2, 0) is 31.2 Å². The second kappa shape index (κ2) is 9.80. The quantitative estimate of drug-likeness (QED) is 0.310. The van der Waals surface area contributed by atoms with Crippen molar-refractivity contribution in [3.8, 4) is 5.88 Å². The Kier molecular flexibility index (Phi) is 7.85. The Morgan fingerprint density at radius 2 is 1.84 bits per heavy atom. The molecule has 0 saturated heterocycles. The van der Waals surface area contributed by atoms with Gasteiger partial charge in [-0.05, 0) is 38.0 Å². The molecule has 0 unspecified atom stereocenters. The van der Waals surface area contributed by atoms with E-state index < -0.39 is 28.2 Å². The molecular weight excluding hydrogens is 448 g/mol. The zero-order valence-corrected chi connectivity index (χ0v) is 19.8. The van der Waals surface area contributed by atoms with Crippen molar-refractivity contribution in [2.45, 2.75) is 25.7 Å². The molecule has 0 atom stereocenters. The Morgan fingerprint density at radius 1 is 1.19 bits per heavy atom. The summed E-state index contributed by atoms with van der Waals surface area (Å²) < 4.78 is 40.8. The van der Waals surface area contributed by atoms with Crippen molar-refractivity contribution in [1.29, 1.82) is 0 Å². The third-order valence-corrected chi connectivity index (χ3v) is 6.37. The fourth-order valence-corrected chi connectivity index (χ4v) is 4.88. The molecule has 0 aliphatic rings. The van der Waals surface area contributed by atoms with Gasteiger partial charge in [-0.3, -0.25) is 4.79 Å². The van der Waals surface area contributed by atoms with Gasteiger partial charge < -0.3 is 14.2 Å². The molecule has 31 heavy (non-hydrogen) atoms. The van der Waals surface area contributed by atoms with Gasteiger partial charge in [-0.25, -0.2) is 17.9 Å². The molecule has 0 radical (unpaired) electrons. The van der Waals surface area contributed by atoms with Gasteiger partial charge in [0.2, 0.25) is 11.7 Å². The van der Waals surface area contributed by atoms with E-state index in [1.54, 1.807) is 27.8 Å². The number of methoxy groups -OCH3 is 1. The predicted molar refractivity (Wildman–Crippen MR) is 114 cm³/mol. The Labute approximate surface area is 186 Å². The molecule has 170 valence electrons. The van der Waals surface area contributed by atoms with Crippen LogP contribution in [0.15, 0.2) is 11.0 Å². The van der Waals surface area contributed by atoms with E-state index in [0.717, 1.165) is 6.26 Å². The second-order valence-corrected chi connectivity index (χ2v) is 9.33. The highest BCUT2D eigenvalue weighted by Gasteiger charge is 2.28. The van der Waals surface area contributed by atoms with Gasteiger partial charge in [0.15, 0.2) is 16.4 Å². The van der Waals surface area contributed by atoms with Crippen LogP contribution in [0.1, 0.15) is 32.7 Å². The van der Waals surface area contributed by atoms with Gasteiger partial charge in [0.05, 0.1) is 22.2 Å². The van der Waals surface area contributed by atoms with Gasteiger partial charge in [0.1, 0.15) is 12.2 Å². The Balaban J connectivity index is 2.42. The number of hydrogen-bond acceptors (Lipinski definition) is 8. The minimum absolute atomic E-state index is 0.0317. The summed E-state index contributed by atoms with van der Waals surface area (Å²) in [4.78, 5) is 25.3. The zero-order chi connectivity index (χ0) is 23.5. The Bertz CT molecular complexity index is 1120. The SMILES string of the molecule is COCCOC(=O)COc1c(C(=O)c2cc(C)c(S(C)(=O)=O)c(C)c2Cl)c(C)nn1C. The first kappa shape index (κ1) is 24.8.